The first kappa shape index (κ1) is 29.1. The Bertz CT molecular complexity index is 2850. The standard InChI is InChI=1S/C48H32N2O/c1-4-15-33(16-5-1)35-27-29-38(34-17-6-2-7-18-34)45(31-35)50(44-25-14-23-42-41-22-11-13-26-47(41)51-48(42)44)37-28-30-40-39-21-10-12-24-43(39)49(46(40)32-37)36-19-8-3-9-20-36/h1-32H. The number of hydrogen-bond donors (Lipinski definition) is 0. The van der Waals surface area contributed by atoms with Crippen molar-refractivity contribution in [3.05, 3.63) is 194 Å². The Hall–Kier alpha value is -6.84. The average molecular weight is 653 g/mol. The molecule has 0 spiro atoms. The molecule has 2 aromatic heterocycles. The summed E-state index contributed by atoms with van der Waals surface area (Å²) >= 11 is 0. The highest BCUT2D eigenvalue weighted by molar-refractivity contribution is 6.13. The molecule has 0 aliphatic rings. The van der Waals surface area contributed by atoms with Crippen molar-refractivity contribution in [2.45, 2.75) is 0 Å². The number of anilines is 3. The van der Waals surface area contributed by atoms with E-state index in [1.807, 2.05) is 6.07 Å². The fourth-order valence-electron chi connectivity index (χ4n) is 7.66. The van der Waals surface area contributed by atoms with Gasteiger partial charge in [0.25, 0.3) is 0 Å². The Balaban J connectivity index is 1.32. The van der Waals surface area contributed by atoms with E-state index in [4.69, 9.17) is 4.42 Å². The molecule has 10 rings (SSSR count). The molecule has 0 bridgehead atoms. The van der Waals surface area contributed by atoms with E-state index >= 15 is 0 Å². The summed E-state index contributed by atoms with van der Waals surface area (Å²) in [4.78, 5) is 2.39. The summed E-state index contributed by atoms with van der Waals surface area (Å²) in [6.45, 7) is 0. The van der Waals surface area contributed by atoms with Crippen LogP contribution in [0.3, 0.4) is 0 Å². The van der Waals surface area contributed by atoms with Crippen LogP contribution in [0.4, 0.5) is 17.1 Å². The fourth-order valence-corrected chi connectivity index (χ4v) is 7.66. The van der Waals surface area contributed by atoms with Crippen LogP contribution in [0.15, 0.2) is 199 Å². The van der Waals surface area contributed by atoms with Crippen LogP contribution >= 0.6 is 0 Å². The summed E-state index contributed by atoms with van der Waals surface area (Å²) in [7, 11) is 0. The van der Waals surface area contributed by atoms with Gasteiger partial charge in [-0.2, -0.15) is 0 Å². The molecule has 0 saturated carbocycles. The zero-order valence-corrected chi connectivity index (χ0v) is 27.8. The second-order valence-electron chi connectivity index (χ2n) is 12.9. The van der Waals surface area contributed by atoms with E-state index in [0.717, 1.165) is 66.9 Å². The molecule has 0 fully saturated rings. The molecule has 0 unspecified atom stereocenters. The molecule has 0 N–H and O–H groups in total. The number of hydrogen-bond acceptors (Lipinski definition) is 2. The van der Waals surface area contributed by atoms with Gasteiger partial charge in [-0.05, 0) is 65.2 Å². The highest BCUT2D eigenvalue weighted by Crippen LogP contribution is 2.47. The van der Waals surface area contributed by atoms with Crippen molar-refractivity contribution in [2.75, 3.05) is 4.90 Å². The van der Waals surface area contributed by atoms with E-state index in [-0.39, 0.29) is 0 Å². The van der Waals surface area contributed by atoms with Crippen molar-refractivity contribution in [1.29, 1.82) is 0 Å². The van der Waals surface area contributed by atoms with Gasteiger partial charge >= 0.3 is 0 Å². The Kier molecular flexibility index (Phi) is 6.81. The third kappa shape index (κ3) is 4.82. The van der Waals surface area contributed by atoms with E-state index < -0.39 is 0 Å². The first-order valence-electron chi connectivity index (χ1n) is 17.4. The predicted octanol–water partition coefficient (Wildman–Crippen LogP) is 13.5. The van der Waals surface area contributed by atoms with Crippen LogP contribution in [0.2, 0.25) is 0 Å². The smallest absolute Gasteiger partial charge is 0.159 e. The van der Waals surface area contributed by atoms with Gasteiger partial charge in [0.2, 0.25) is 0 Å². The molecular formula is C48H32N2O. The summed E-state index contributed by atoms with van der Waals surface area (Å²) in [5, 5.41) is 4.63. The first-order chi connectivity index (χ1) is 25.3. The minimum Gasteiger partial charge on any atom is -0.454 e. The largest absolute Gasteiger partial charge is 0.454 e. The molecule has 8 aromatic carbocycles. The number of benzene rings is 8. The minimum atomic E-state index is 0.853. The second kappa shape index (κ2) is 11.9. The first-order valence-corrected chi connectivity index (χ1v) is 17.4. The molecular weight excluding hydrogens is 621 g/mol. The van der Waals surface area contributed by atoms with Crippen molar-refractivity contribution in [3.8, 4) is 27.9 Å². The molecule has 0 amide bonds. The van der Waals surface area contributed by atoms with Crippen molar-refractivity contribution in [2.24, 2.45) is 0 Å². The highest BCUT2D eigenvalue weighted by atomic mass is 16.3. The normalized spacial score (nSPS) is 11.5. The van der Waals surface area contributed by atoms with Crippen LogP contribution in [0.1, 0.15) is 0 Å². The predicted molar refractivity (Wildman–Crippen MR) is 214 cm³/mol. The van der Waals surface area contributed by atoms with Gasteiger partial charge in [0, 0.05) is 38.5 Å². The van der Waals surface area contributed by atoms with Gasteiger partial charge in [-0.1, -0.05) is 146 Å². The molecule has 240 valence electrons. The maximum atomic E-state index is 6.75. The van der Waals surface area contributed by atoms with Crippen LogP contribution in [0.5, 0.6) is 0 Å². The lowest BCUT2D eigenvalue weighted by molar-refractivity contribution is 0.669. The van der Waals surface area contributed by atoms with Crippen LogP contribution in [-0.4, -0.2) is 4.57 Å². The summed E-state index contributed by atoms with van der Waals surface area (Å²) in [6.07, 6.45) is 0. The maximum Gasteiger partial charge on any atom is 0.159 e. The van der Waals surface area contributed by atoms with Gasteiger partial charge in [-0.25, -0.2) is 0 Å². The van der Waals surface area contributed by atoms with Gasteiger partial charge in [0.1, 0.15) is 5.58 Å². The number of aromatic nitrogens is 1. The number of para-hydroxylation sites is 4. The van der Waals surface area contributed by atoms with Crippen LogP contribution in [-0.2, 0) is 0 Å². The lowest BCUT2D eigenvalue weighted by Gasteiger charge is -2.29. The number of rotatable bonds is 6. The van der Waals surface area contributed by atoms with E-state index in [0.29, 0.717) is 0 Å². The monoisotopic (exact) mass is 652 g/mol. The lowest BCUT2D eigenvalue weighted by atomic mass is 9.96. The molecule has 0 radical (unpaired) electrons. The molecule has 2 heterocycles. The third-order valence-electron chi connectivity index (χ3n) is 9.98. The van der Waals surface area contributed by atoms with Crippen LogP contribution in [0.25, 0.3) is 71.7 Å². The van der Waals surface area contributed by atoms with Crippen molar-refractivity contribution >= 4 is 60.8 Å². The zero-order valence-electron chi connectivity index (χ0n) is 27.8. The zero-order chi connectivity index (χ0) is 33.7. The van der Waals surface area contributed by atoms with Crippen LogP contribution < -0.4 is 4.90 Å². The SMILES string of the molecule is c1ccc(-c2ccc(-c3ccccc3)c(N(c3ccc4c5ccccc5n(-c5ccccc5)c4c3)c3cccc4c3oc3ccccc34)c2)cc1. The number of nitrogens with zero attached hydrogens (tertiary/aromatic N) is 2. The minimum absolute atomic E-state index is 0.853. The van der Waals surface area contributed by atoms with E-state index in [9.17, 15) is 0 Å². The Morgan fingerprint density at radius 1 is 0.392 bits per heavy atom. The molecule has 0 aliphatic carbocycles. The second-order valence-corrected chi connectivity index (χ2v) is 12.9. The van der Waals surface area contributed by atoms with Crippen LogP contribution in [0, 0.1) is 0 Å². The van der Waals surface area contributed by atoms with E-state index in [2.05, 4.69) is 198 Å². The maximum absolute atomic E-state index is 6.75. The van der Waals surface area contributed by atoms with Gasteiger partial charge < -0.3 is 13.9 Å². The molecule has 0 aliphatic heterocycles. The van der Waals surface area contributed by atoms with Crippen molar-refractivity contribution in [1.82, 2.24) is 4.57 Å². The van der Waals surface area contributed by atoms with E-state index in [1.165, 1.54) is 21.9 Å². The Morgan fingerprint density at radius 2 is 1.04 bits per heavy atom. The summed E-state index contributed by atoms with van der Waals surface area (Å²) in [5.74, 6) is 0. The average Bonchev–Trinajstić information content (AvgIpc) is 3.75. The third-order valence-corrected chi connectivity index (χ3v) is 9.98. The lowest BCUT2D eigenvalue weighted by Crippen LogP contribution is -2.12. The molecule has 3 heteroatoms. The fraction of sp³-hybridized carbons (Fsp3) is 0. The summed E-state index contributed by atoms with van der Waals surface area (Å²) in [5.41, 5.74) is 12.9. The molecule has 51 heavy (non-hydrogen) atoms. The van der Waals surface area contributed by atoms with Crippen molar-refractivity contribution in [3.63, 3.8) is 0 Å². The molecule has 10 aromatic rings. The molecule has 0 atom stereocenters. The van der Waals surface area contributed by atoms with Gasteiger partial charge in [-0.15, -0.1) is 0 Å². The summed E-state index contributed by atoms with van der Waals surface area (Å²) in [6, 6.07) is 69.2. The van der Waals surface area contributed by atoms with Gasteiger partial charge in [0.05, 0.1) is 22.4 Å². The van der Waals surface area contributed by atoms with Gasteiger partial charge in [0.15, 0.2) is 5.58 Å². The highest BCUT2D eigenvalue weighted by Gasteiger charge is 2.24. The van der Waals surface area contributed by atoms with Crippen molar-refractivity contribution < 1.29 is 4.42 Å². The number of furan rings is 1. The van der Waals surface area contributed by atoms with Gasteiger partial charge in [-0.3, -0.25) is 0 Å². The topological polar surface area (TPSA) is 21.3 Å². The molecule has 3 nitrogen and oxygen atoms in total. The quantitative estimate of drug-likeness (QED) is 0.178. The Labute approximate surface area is 295 Å². The summed E-state index contributed by atoms with van der Waals surface area (Å²) < 4.78 is 9.13. The van der Waals surface area contributed by atoms with E-state index in [1.54, 1.807) is 0 Å². The molecule has 0 saturated heterocycles. The Morgan fingerprint density at radius 3 is 1.84 bits per heavy atom. The number of fused-ring (bicyclic) bond motifs is 6.